The topological polar surface area (TPSA) is 35.5 Å². The van der Waals surface area contributed by atoms with Crippen molar-refractivity contribution < 1.29 is 5.11 Å². The summed E-state index contributed by atoms with van der Waals surface area (Å²) in [5, 5.41) is 12.2. The van der Waals surface area contributed by atoms with Crippen molar-refractivity contribution >= 4 is 0 Å². The van der Waals surface area contributed by atoms with Crippen LogP contribution in [0.4, 0.5) is 0 Å². The lowest BCUT2D eigenvalue weighted by atomic mass is 9.96. The van der Waals surface area contributed by atoms with Crippen LogP contribution in [0, 0.1) is 5.92 Å². The van der Waals surface area contributed by atoms with Gasteiger partial charge in [-0.2, -0.15) is 0 Å². The van der Waals surface area contributed by atoms with Crippen molar-refractivity contribution in [1.29, 1.82) is 0 Å². The summed E-state index contributed by atoms with van der Waals surface area (Å²) in [6.45, 7) is 9.13. The lowest BCUT2D eigenvalue weighted by molar-refractivity contribution is 0.145. The molecule has 14 heavy (non-hydrogen) atoms. The van der Waals surface area contributed by atoms with Crippen LogP contribution in [0.25, 0.3) is 0 Å². The Balaban J connectivity index is 2.29. The Labute approximate surface area is 87.5 Å². The zero-order valence-corrected chi connectivity index (χ0v) is 9.50. The van der Waals surface area contributed by atoms with Crippen LogP contribution >= 0.6 is 0 Å². The summed E-state index contributed by atoms with van der Waals surface area (Å²) in [6, 6.07) is 0.581. The highest BCUT2D eigenvalue weighted by molar-refractivity contribution is 4.81. The Bertz CT molecular complexity index is 152. The quantitative estimate of drug-likeness (QED) is 0.685. The predicted octanol–water partition coefficient (Wildman–Crippen LogP) is 0.689. The molecule has 1 fully saturated rings. The molecule has 1 rings (SSSR count). The van der Waals surface area contributed by atoms with Gasteiger partial charge in [-0.15, -0.1) is 0 Å². The van der Waals surface area contributed by atoms with Crippen molar-refractivity contribution in [2.24, 2.45) is 5.92 Å². The van der Waals surface area contributed by atoms with Crippen molar-refractivity contribution in [3.8, 4) is 0 Å². The minimum atomic E-state index is 0.249. The minimum absolute atomic E-state index is 0.249. The molecule has 1 aliphatic rings. The number of aliphatic hydroxyl groups excluding tert-OH is 1. The van der Waals surface area contributed by atoms with Crippen LogP contribution in [0.1, 0.15) is 26.7 Å². The maximum Gasteiger partial charge on any atom is 0.0556 e. The van der Waals surface area contributed by atoms with Crippen LogP contribution in [0.2, 0.25) is 0 Å². The summed E-state index contributed by atoms with van der Waals surface area (Å²) in [5.41, 5.74) is 0. The van der Waals surface area contributed by atoms with Crippen LogP contribution in [0.5, 0.6) is 0 Å². The van der Waals surface area contributed by atoms with E-state index in [-0.39, 0.29) is 6.61 Å². The summed E-state index contributed by atoms with van der Waals surface area (Å²) in [6.07, 6.45) is 2.49. The summed E-state index contributed by atoms with van der Waals surface area (Å²) >= 11 is 0. The SMILES string of the molecule is CCCN1CC(C)CC(NCCO)C1. The fraction of sp³-hybridized carbons (Fsp3) is 1.00. The Kier molecular flexibility index (Phi) is 5.45. The lowest BCUT2D eigenvalue weighted by Gasteiger charge is -2.36. The molecule has 0 aromatic heterocycles. The van der Waals surface area contributed by atoms with Gasteiger partial charge in [0.2, 0.25) is 0 Å². The molecule has 0 bridgehead atoms. The zero-order valence-electron chi connectivity index (χ0n) is 9.50. The van der Waals surface area contributed by atoms with E-state index >= 15 is 0 Å². The minimum Gasteiger partial charge on any atom is -0.395 e. The van der Waals surface area contributed by atoms with Crippen molar-refractivity contribution in [3.05, 3.63) is 0 Å². The van der Waals surface area contributed by atoms with Crippen molar-refractivity contribution in [2.75, 3.05) is 32.8 Å². The number of likely N-dealkylation sites (tertiary alicyclic amines) is 1. The van der Waals surface area contributed by atoms with E-state index in [1.165, 1.54) is 25.9 Å². The van der Waals surface area contributed by atoms with Gasteiger partial charge in [-0.25, -0.2) is 0 Å². The molecule has 0 saturated carbocycles. The number of nitrogens with zero attached hydrogens (tertiary/aromatic N) is 1. The first-order valence-electron chi connectivity index (χ1n) is 5.82. The second-order valence-corrected chi connectivity index (χ2v) is 4.48. The van der Waals surface area contributed by atoms with E-state index in [2.05, 4.69) is 24.1 Å². The normalized spacial score (nSPS) is 29.4. The average Bonchev–Trinajstić information content (AvgIpc) is 2.14. The van der Waals surface area contributed by atoms with Gasteiger partial charge in [0.15, 0.2) is 0 Å². The molecule has 3 nitrogen and oxygen atoms in total. The first kappa shape index (κ1) is 12.0. The Morgan fingerprint density at radius 2 is 2.21 bits per heavy atom. The van der Waals surface area contributed by atoms with Crippen molar-refractivity contribution in [2.45, 2.75) is 32.7 Å². The number of aliphatic hydroxyl groups is 1. The van der Waals surface area contributed by atoms with Crippen LogP contribution in [0.3, 0.4) is 0 Å². The standard InChI is InChI=1S/C11H24N2O/c1-3-5-13-8-10(2)7-11(9-13)12-4-6-14/h10-12,14H,3-9H2,1-2H3. The summed E-state index contributed by atoms with van der Waals surface area (Å²) in [5.74, 6) is 0.784. The number of rotatable bonds is 5. The molecule has 0 amide bonds. The Morgan fingerprint density at radius 1 is 1.43 bits per heavy atom. The molecular weight excluding hydrogens is 176 g/mol. The number of hydrogen-bond donors (Lipinski definition) is 2. The molecule has 2 unspecified atom stereocenters. The van der Waals surface area contributed by atoms with Crippen LogP contribution in [-0.2, 0) is 0 Å². The third-order valence-electron chi connectivity index (χ3n) is 2.82. The average molecular weight is 200 g/mol. The molecular formula is C11H24N2O. The second-order valence-electron chi connectivity index (χ2n) is 4.48. The number of piperidine rings is 1. The second kappa shape index (κ2) is 6.38. The van der Waals surface area contributed by atoms with Gasteiger partial charge in [0.25, 0.3) is 0 Å². The van der Waals surface area contributed by atoms with E-state index in [9.17, 15) is 0 Å². The van der Waals surface area contributed by atoms with Gasteiger partial charge >= 0.3 is 0 Å². The van der Waals surface area contributed by atoms with Gasteiger partial charge in [-0.3, -0.25) is 0 Å². The summed E-state index contributed by atoms with van der Waals surface area (Å²) in [4.78, 5) is 2.53. The molecule has 1 heterocycles. The Morgan fingerprint density at radius 3 is 2.86 bits per heavy atom. The smallest absolute Gasteiger partial charge is 0.0556 e. The summed E-state index contributed by atoms with van der Waals surface area (Å²) < 4.78 is 0. The van der Waals surface area contributed by atoms with Crippen molar-refractivity contribution in [1.82, 2.24) is 10.2 Å². The monoisotopic (exact) mass is 200 g/mol. The maximum absolute atomic E-state index is 8.76. The number of nitrogens with one attached hydrogen (secondary N) is 1. The third kappa shape index (κ3) is 3.95. The highest BCUT2D eigenvalue weighted by Gasteiger charge is 2.23. The zero-order chi connectivity index (χ0) is 10.4. The maximum atomic E-state index is 8.76. The van der Waals surface area contributed by atoms with E-state index in [1.807, 2.05) is 0 Å². The van der Waals surface area contributed by atoms with Crippen LogP contribution < -0.4 is 5.32 Å². The molecule has 1 aliphatic heterocycles. The van der Waals surface area contributed by atoms with Crippen LogP contribution in [0.15, 0.2) is 0 Å². The largest absolute Gasteiger partial charge is 0.395 e. The molecule has 0 aliphatic carbocycles. The fourth-order valence-corrected chi connectivity index (χ4v) is 2.38. The molecule has 0 spiro atoms. The van der Waals surface area contributed by atoms with E-state index in [0.29, 0.717) is 6.04 Å². The van der Waals surface area contributed by atoms with Gasteiger partial charge in [0.05, 0.1) is 6.61 Å². The first-order chi connectivity index (χ1) is 6.76. The van der Waals surface area contributed by atoms with E-state index in [1.54, 1.807) is 0 Å². The molecule has 2 atom stereocenters. The van der Waals surface area contributed by atoms with Gasteiger partial charge in [-0.05, 0) is 25.3 Å². The van der Waals surface area contributed by atoms with E-state index in [0.717, 1.165) is 19.0 Å². The Hall–Kier alpha value is -0.120. The van der Waals surface area contributed by atoms with Gasteiger partial charge in [0, 0.05) is 25.7 Å². The molecule has 0 aromatic carbocycles. The van der Waals surface area contributed by atoms with Crippen LogP contribution in [-0.4, -0.2) is 48.8 Å². The predicted molar refractivity (Wildman–Crippen MR) is 59.4 cm³/mol. The molecule has 0 radical (unpaired) electrons. The molecule has 2 N–H and O–H groups in total. The highest BCUT2D eigenvalue weighted by Crippen LogP contribution is 2.16. The molecule has 1 saturated heterocycles. The fourth-order valence-electron chi connectivity index (χ4n) is 2.38. The molecule has 84 valence electrons. The lowest BCUT2D eigenvalue weighted by Crippen LogP contribution is -2.49. The molecule has 0 aromatic rings. The van der Waals surface area contributed by atoms with E-state index < -0.39 is 0 Å². The first-order valence-corrected chi connectivity index (χ1v) is 5.82. The third-order valence-corrected chi connectivity index (χ3v) is 2.82. The number of hydrogen-bond acceptors (Lipinski definition) is 3. The summed E-state index contributed by atoms with van der Waals surface area (Å²) in [7, 11) is 0. The van der Waals surface area contributed by atoms with E-state index in [4.69, 9.17) is 5.11 Å². The molecule has 3 heteroatoms. The van der Waals surface area contributed by atoms with Gasteiger partial charge in [0.1, 0.15) is 0 Å². The van der Waals surface area contributed by atoms with Gasteiger partial charge < -0.3 is 15.3 Å². The van der Waals surface area contributed by atoms with Crippen molar-refractivity contribution in [3.63, 3.8) is 0 Å². The van der Waals surface area contributed by atoms with Gasteiger partial charge in [-0.1, -0.05) is 13.8 Å². The highest BCUT2D eigenvalue weighted by atomic mass is 16.3.